The van der Waals surface area contributed by atoms with Gasteiger partial charge in [0.05, 0.1) is 25.3 Å². The average Bonchev–Trinajstić information content (AvgIpc) is 3.27. The topological polar surface area (TPSA) is 76.6 Å². The fraction of sp³-hybridized carbons (Fsp3) is 0.286. The largest absolute Gasteiger partial charge is 0.493 e. The minimum Gasteiger partial charge on any atom is -0.493 e. The van der Waals surface area contributed by atoms with Crippen LogP contribution in [-0.2, 0) is 0 Å². The number of nitrogens with one attached hydrogen (secondary N) is 1. The molecule has 1 aliphatic rings. The molecule has 0 unspecified atom stereocenters. The summed E-state index contributed by atoms with van der Waals surface area (Å²) in [5.41, 5.74) is 2.41. The molecule has 1 amide bonds. The monoisotopic (exact) mass is 378 g/mol. The first-order valence-corrected chi connectivity index (χ1v) is 9.24. The van der Waals surface area contributed by atoms with Gasteiger partial charge >= 0.3 is 0 Å². The number of ether oxygens (including phenoxy) is 2. The van der Waals surface area contributed by atoms with Crippen LogP contribution in [0.25, 0.3) is 11.0 Å². The van der Waals surface area contributed by atoms with Gasteiger partial charge in [0.15, 0.2) is 23.0 Å². The second kappa shape index (κ2) is 7.72. The van der Waals surface area contributed by atoms with Gasteiger partial charge in [-0.15, -0.1) is 0 Å². The molecule has 1 saturated heterocycles. The molecule has 0 aliphatic carbocycles. The molecular formula is C21H22N4O3. The molecule has 3 aromatic rings. The molecule has 2 heterocycles. The molecule has 7 nitrogen and oxygen atoms in total. The number of hydrogen-bond donors (Lipinski definition) is 1. The van der Waals surface area contributed by atoms with E-state index in [-0.39, 0.29) is 5.91 Å². The summed E-state index contributed by atoms with van der Waals surface area (Å²) in [6.07, 6.45) is 2.18. The molecule has 0 radical (unpaired) electrons. The van der Waals surface area contributed by atoms with Crippen molar-refractivity contribution in [2.45, 2.75) is 12.8 Å². The first kappa shape index (κ1) is 18.0. The van der Waals surface area contributed by atoms with Gasteiger partial charge in [0.1, 0.15) is 0 Å². The number of amides is 1. The van der Waals surface area contributed by atoms with Crippen LogP contribution in [-0.4, -0.2) is 43.2 Å². The smallest absolute Gasteiger partial charge is 0.278 e. The van der Waals surface area contributed by atoms with Crippen LogP contribution in [0.3, 0.4) is 0 Å². The predicted octanol–water partition coefficient (Wildman–Crippen LogP) is 3.50. The lowest BCUT2D eigenvalue weighted by molar-refractivity contribution is 0.102. The number of benzene rings is 2. The van der Waals surface area contributed by atoms with E-state index in [2.05, 4.69) is 15.2 Å². The predicted molar refractivity (Wildman–Crippen MR) is 108 cm³/mol. The molecule has 1 aliphatic heterocycles. The van der Waals surface area contributed by atoms with Gasteiger partial charge in [-0.2, -0.15) is 0 Å². The van der Waals surface area contributed by atoms with Crippen molar-refractivity contribution in [3.63, 3.8) is 0 Å². The number of methoxy groups -OCH3 is 2. The summed E-state index contributed by atoms with van der Waals surface area (Å²) in [7, 11) is 3.13. The van der Waals surface area contributed by atoms with Crippen molar-refractivity contribution in [1.82, 2.24) is 9.97 Å². The Morgan fingerprint density at radius 2 is 1.64 bits per heavy atom. The third-order valence-electron chi connectivity index (χ3n) is 4.81. The van der Waals surface area contributed by atoms with Crippen molar-refractivity contribution in [1.29, 1.82) is 0 Å². The number of nitrogens with zero attached hydrogens (tertiary/aromatic N) is 3. The maximum atomic E-state index is 13.1. The lowest BCUT2D eigenvalue weighted by atomic mass is 10.2. The normalized spacial score (nSPS) is 13.6. The van der Waals surface area contributed by atoms with Gasteiger partial charge in [0.2, 0.25) is 0 Å². The molecule has 0 bridgehead atoms. The zero-order valence-corrected chi connectivity index (χ0v) is 15.9. The van der Waals surface area contributed by atoms with Crippen molar-refractivity contribution < 1.29 is 14.3 Å². The summed E-state index contributed by atoms with van der Waals surface area (Å²) in [6.45, 7) is 1.76. The number of rotatable bonds is 5. The van der Waals surface area contributed by atoms with Crippen molar-refractivity contribution in [3.05, 3.63) is 48.2 Å². The van der Waals surface area contributed by atoms with Gasteiger partial charge in [-0.05, 0) is 37.1 Å². The Morgan fingerprint density at radius 1 is 0.964 bits per heavy atom. The molecule has 28 heavy (non-hydrogen) atoms. The number of hydrogen-bond acceptors (Lipinski definition) is 6. The second-order valence-corrected chi connectivity index (χ2v) is 6.60. The summed E-state index contributed by atoms with van der Waals surface area (Å²) in [5, 5.41) is 2.91. The average molecular weight is 378 g/mol. The molecule has 4 rings (SSSR count). The van der Waals surface area contributed by atoms with E-state index in [1.54, 1.807) is 32.4 Å². The Morgan fingerprint density at radius 3 is 2.32 bits per heavy atom. The highest BCUT2D eigenvalue weighted by Crippen LogP contribution is 2.30. The fourth-order valence-electron chi connectivity index (χ4n) is 3.40. The number of anilines is 2. The Bertz CT molecular complexity index is 1020. The zero-order valence-electron chi connectivity index (χ0n) is 15.9. The Kier molecular flexibility index (Phi) is 4.97. The molecular weight excluding hydrogens is 356 g/mol. The first-order valence-electron chi connectivity index (χ1n) is 9.24. The minimum atomic E-state index is -0.299. The third-order valence-corrected chi connectivity index (χ3v) is 4.81. The van der Waals surface area contributed by atoms with Crippen LogP contribution in [0.4, 0.5) is 11.5 Å². The van der Waals surface area contributed by atoms with E-state index in [0.29, 0.717) is 34.2 Å². The zero-order chi connectivity index (χ0) is 19.5. The lowest BCUT2D eigenvalue weighted by Gasteiger charge is -2.19. The van der Waals surface area contributed by atoms with Crippen LogP contribution >= 0.6 is 0 Å². The number of aromatic nitrogens is 2. The number of fused-ring (bicyclic) bond motifs is 1. The van der Waals surface area contributed by atoms with Crippen molar-refractivity contribution in [2.24, 2.45) is 0 Å². The van der Waals surface area contributed by atoms with E-state index >= 15 is 0 Å². The van der Waals surface area contributed by atoms with E-state index in [4.69, 9.17) is 14.5 Å². The Balaban J connectivity index is 1.70. The SMILES string of the molecule is COc1ccc(NC(=O)c2nc3ccccc3nc2N2CCCC2)cc1OC. The summed E-state index contributed by atoms with van der Waals surface area (Å²) in [4.78, 5) is 24.6. The van der Waals surface area contributed by atoms with Gasteiger partial charge in [0, 0.05) is 24.8 Å². The molecule has 7 heteroatoms. The highest BCUT2D eigenvalue weighted by molar-refractivity contribution is 6.07. The van der Waals surface area contributed by atoms with Crippen molar-refractivity contribution >= 4 is 28.4 Å². The van der Waals surface area contributed by atoms with Crippen LogP contribution in [0.5, 0.6) is 11.5 Å². The van der Waals surface area contributed by atoms with Crippen LogP contribution in [0.2, 0.25) is 0 Å². The van der Waals surface area contributed by atoms with Crippen LogP contribution in [0.15, 0.2) is 42.5 Å². The van der Waals surface area contributed by atoms with Crippen LogP contribution < -0.4 is 19.7 Å². The number of para-hydroxylation sites is 2. The maximum Gasteiger partial charge on any atom is 0.278 e. The quantitative estimate of drug-likeness (QED) is 0.732. The van der Waals surface area contributed by atoms with E-state index in [9.17, 15) is 4.79 Å². The summed E-state index contributed by atoms with van der Waals surface area (Å²) in [5.74, 6) is 1.48. The summed E-state index contributed by atoms with van der Waals surface area (Å²) in [6, 6.07) is 12.8. The fourth-order valence-corrected chi connectivity index (χ4v) is 3.40. The second-order valence-electron chi connectivity index (χ2n) is 6.60. The van der Waals surface area contributed by atoms with Gasteiger partial charge in [-0.1, -0.05) is 12.1 Å². The van der Waals surface area contributed by atoms with E-state index < -0.39 is 0 Å². The molecule has 0 spiro atoms. The van der Waals surface area contributed by atoms with Gasteiger partial charge in [-0.25, -0.2) is 9.97 Å². The third kappa shape index (κ3) is 3.43. The van der Waals surface area contributed by atoms with E-state index in [1.165, 1.54) is 0 Å². The summed E-state index contributed by atoms with van der Waals surface area (Å²) >= 11 is 0. The molecule has 2 aromatic carbocycles. The van der Waals surface area contributed by atoms with Gasteiger partial charge in [0.25, 0.3) is 5.91 Å². The number of carbonyl (C=O) groups is 1. The molecule has 144 valence electrons. The van der Waals surface area contributed by atoms with Gasteiger partial charge in [-0.3, -0.25) is 4.79 Å². The minimum absolute atomic E-state index is 0.299. The summed E-state index contributed by atoms with van der Waals surface area (Å²) < 4.78 is 10.6. The molecule has 1 aromatic heterocycles. The lowest BCUT2D eigenvalue weighted by Crippen LogP contribution is -2.25. The maximum absolute atomic E-state index is 13.1. The highest BCUT2D eigenvalue weighted by atomic mass is 16.5. The van der Waals surface area contributed by atoms with Crippen LogP contribution in [0, 0.1) is 0 Å². The Hall–Kier alpha value is -3.35. The highest BCUT2D eigenvalue weighted by Gasteiger charge is 2.24. The molecule has 1 N–H and O–H groups in total. The van der Waals surface area contributed by atoms with Crippen LogP contribution in [0.1, 0.15) is 23.3 Å². The molecule has 0 atom stereocenters. The van der Waals surface area contributed by atoms with Crippen molar-refractivity contribution in [3.8, 4) is 11.5 Å². The Labute approximate surface area is 163 Å². The standard InChI is InChI=1S/C21H22N4O3/c1-27-17-10-9-14(13-18(17)28-2)22-21(26)19-20(25-11-5-6-12-25)24-16-8-4-3-7-15(16)23-19/h3-4,7-10,13H,5-6,11-12H2,1-2H3,(H,22,26). The van der Waals surface area contributed by atoms with E-state index in [1.807, 2.05) is 24.3 Å². The molecule has 1 fully saturated rings. The van der Waals surface area contributed by atoms with Crippen molar-refractivity contribution in [2.75, 3.05) is 37.5 Å². The van der Waals surface area contributed by atoms with Gasteiger partial charge < -0.3 is 19.7 Å². The number of carbonyl (C=O) groups excluding carboxylic acids is 1. The van der Waals surface area contributed by atoms with E-state index in [0.717, 1.165) is 31.4 Å². The molecule has 0 saturated carbocycles. The first-order chi connectivity index (χ1) is 13.7.